The molecule has 2 amide bonds. The predicted octanol–water partition coefficient (Wildman–Crippen LogP) is 4.73. The summed E-state index contributed by atoms with van der Waals surface area (Å²) >= 11 is 0. The van der Waals surface area contributed by atoms with Crippen LogP contribution in [0.25, 0.3) is 11.3 Å². The molecule has 1 N–H and O–H groups in total. The number of rotatable bonds is 10. The van der Waals surface area contributed by atoms with Crippen LogP contribution in [0.5, 0.6) is 11.5 Å². The predicted molar refractivity (Wildman–Crippen MR) is 153 cm³/mol. The highest BCUT2D eigenvalue weighted by molar-refractivity contribution is 6.00. The molecule has 1 aliphatic heterocycles. The first-order chi connectivity index (χ1) is 19.4. The fraction of sp³-hybridized carbons (Fsp3) is 0.281. The van der Waals surface area contributed by atoms with E-state index in [1.807, 2.05) is 73.7 Å². The summed E-state index contributed by atoms with van der Waals surface area (Å²) in [6, 6.07) is 27.1. The van der Waals surface area contributed by atoms with E-state index < -0.39 is 5.54 Å². The summed E-state index contributed by atoms with van der Waals surface area (Å²) in [4.78, 5) is 29.5. The Bertz CT molecular complexity index is 1480. The summed E-state index contributed by atoms with van der Waals surface area (Å²) in [5.41, 5.74) is 2.94. The Kier molecular flexibility index (Phi) is 7.86. The van der Waals surface area contributed by atoms with Gasteiger partial charge in [0.05, 0.1) is 26.5 Å². The summed E-state index contributed by atoms with van der Waals surface area (Å²) in [5.74, 6) is 0.999. The summed E-state index contributed by atoms with van der Waals surface area (Å²) in [5, 5.41) is 7.80. The van der Waals surface area contributed by atoms with Gasteiger partial charge in [0.15, 0.2) is 0 Å². The zero-order valence-electron chi connectivity index (χ0n) is 23.1. The molecule has 1 aliphatic rings. The highest BCUT2D eigenvalue weighted by atomic mass is 16.5. The number of amides is 2. The first kappa shape index (κ1) is 27.0. The van der Waals surface area contributed by atoms with E-state index in [1.165, 1.54) is 5.56 Å². The molecule has 40 heavy (non-hydrogen) atoms. The molecule has 206 valence electrons. The fourth-order valence-electron chi connectivity index (χ4n) is 5.20. The minimum absolute atomic E-state index is 0.207. The second-order valence-electron chi connectivity index (χ2n) is 10.1. The fourth-order valence-corrected chi connectivity index (χ4v) is 5.20. The minimum atomic E-state index is -1.13. The van der Waals surface area contributed by atoms with Gasteiger partial charge in [-0.2, -0.15) is 5.10 Å². The maximum atomic E-state index is 13.9. The molecule has 8 nitrogen and oxygen atoms in total. The lowest BCUT2D eigenvalue weighted by atomic mass is 9.94. The van der Waals surface area contributed by atoms with Gasteiger partial charge in [-0.1, -0.05) is 48.5 Å². The molecular weight excluding hydrogens is 504 g/mol. The molecule has 8 heteroatoms. The summed E-state index contributed by atoms with van der Waals surface area (Å²) < 4.78 is 12.4. The van der Waals surface area contributed by atoms with E-state index in [0.29, 0.717) is 23.7 Å². The molecule has 0 saturated heterocycles. The van der Waals surface area contributed by atoms with Crippen molar-refractivity contribution < 1.29 is 19.1 Å². The number of para-hydroxylation sites is 1. The van der Waals surface area contributed by atoms with Crippen LogP contribution in [-0.2, 0) is 24.3 Å². The highest BCUT2D eigenvalue weighted by Gasteiger charge is 2.47. The molecule has 4 aromatic rings. The van der Waals surface area contributed by atoms with Crippen LogP contribution in [-0.4, -0.2) is 52.8 Å². The van der Waals surface area contributed by atoms with Gasteiger partial charge in [0.1, 0.15) is 22.7 Å². The van der Waals surface area contributed by atoms with E-state index >= 15 is 0 Å². The lowest BCUT2D eigenvalue weighted by Crippen LogP contribution is -2.64. The molecule has 2 heterocycles. The first-order valence-electron chi connectivity index (χ1n) is 13.4. The number of fused-ring (bicyclic) bond motifs is 1. The van der Waals surface area contributed by atoms with Crippen LogP contribution < -0.4 is 14.8 Å². The van der Waals surface area contributed by atoms with Crippen molar-refractivity contribution in [3.63, 3.8) is 0 Å². The Hall–Kier alpha value is -4.59. The SMILES string of the molecule is COc1ccc(-c2cc3n(n2)C[C@@](C)(C(=O)NCc2ccccc2OC)N(CCCc2ccccc2)C3=O)cc1. The van der Waals surface area contributed by atoms with Gasteiger partial charge in [0, 0.05) is 24.2 Å². The van der Waals surface area contributed by atoms with Gasteiger partial charge < -0.3 is 19.7 Å². The van der Waals surface area contributed by atoms with Crippen molar-refractivity contribution in [3.8, 4) is 22.8 Å². The molecule has 0 fully saturated rings. The topological polar surface area (TPSA) is 85.7 Å². The second kappa shape index (κ2) is 11.7. The Morgan fingerprint density at radius 2 is 1.70 bits per heavy atom. The minimum Gasteiger partial charge on any atom is -0.497 e. The maximum Gasteiger partial charge on any atom is 0.273 e. The summed E-state index contributed by atoms with van der Waals surface area (Å²) in [6.07, 6.45) is 1.53. The van der Waals surface area contributed by atoms with Crippen molar-refractivity contribution in [1.29, 1.82) is 0 Å². The second-order valence-corrected chi connectivity index (χ2v) is 10.1. The van der Waals surface area contributed by atoms with Crippen LogP contribution in [0, 0.1) is 0 Å². The zero-order valence-corrected chi connectivity index (χ0v) is 23.1. The van der Waals surface area contributed by atoms with Crippen LogP contribution in [0.1, 0.15) is 35.0 Å². The van der Waals surface area contributed by atoms with Crippen LogP contribution in [0.3, 0.4) is 0 Å². The Morgan fingerprint density at radius 3 is 2.42 bits per heavy atom. The van der Waals surface area contributed by atoms with Gasteiger partial charge >= 0.3 is 0 Å². The Labute approximate surface area is 234 Å². The van der Waals surface area contributed by atoms with Crippen LogP contribution in [0.2, 0.25) is 0 Å². The molecule has 0 aliphatic carbocycles. The van der Waals surface area contributed by atoms with Crippen molar-refractivity contribution in [2.45, 2.75) is 38.4 Å². The maximum absolute atomic E-state index is 13.9. The van der Waals surface area contributed by atoms with Gasteiger partial charge in [0.2, 0.25) is 5.91 Å². The van der Waals surface area contributed by atoms with Crippen molar-refractivity contribution in [2.24, 2.45) is 0 Å². The summed E-state index contributed by atoms with van der Waals surface area (Å²) in [7, 11) is 3.23. The third-order valence-electron chi connectivity index (χ3n) is 7.49. The highest BCUT2D eigenvalue weighted by Crippen LogP contribution is 2.31. The van der Waals surface area contributed by atoms with Gasteiger partial charge in [-0.3, -0.25) is 14.3 Å². The van der Waals surface area contributed by atoms with Gasteiger partial charge in [-0.15, -0.1) is 0 Å². The van der Waals surface area contributed by atoms with Gasteiger partial charge in [-0.05, 0) is 61.7 Å². The number of benzene rings is 3. The number of hydrogen-bond acceptors (Lipinski definition) is 5. The molecule has 3 aromatic carbocycles. The Balaban J connectivity index is 1.42. The van der Waals surface area contributed by atoms with Crippen molar-refractivity contribution in [1.82, 2.24) is 20.0 Å². The van der Waals surface area contributed by atoms with Gasteiger partial charge in [0.25, 0.3) is 5.91 Å². The average molecular weight is 539 g/mol. The molecule has 0 spiro atoms. The molecular formula is C32H34N4O4. The molecule has 0 radical (unpaired) electrons. The number of ether oxygens (including phenoxy) is 2. The quantitative estimate of drug-likeness (QED) is 0.316. The number of carbonyl (C=O) groups is 2. The van der Waals surface area contributed by atoms with E-state index in [1.54, 1.807) is 29.9 Å². The number of hydrogen-bond donors (Lipinski definition) is 1. The van der Waals surface area contributed by atoms with E-state index in [-0.39, 0.29) is 24.9 Å². The normalized spacial score (nSPS) is 16.4. The molecule has 5 rings (SSSR count). The number of nitrogens with one attached hydrogen (secondary N) is 1. The third-order valence-corrected chi connectivity index (χ3v) is 7.49. The van der Waals surface area contributed by atoms with Crippen molar-refractivity contribution >= 4 is 11.8 Å². The molecule has 1 atom stereocenters. The van der Waals surface area contributed by atoms with Crippen molar-refractivity contribution in [2.75, 3.05) is 20.8 Å². The van der Waals surface area contributed by atoms with Crippen LogP contribution >= 0.6 is 0 Å². The molecule has 0 unspecified atom stereocenters. The first-order valence-corrected chi connectivity index (χ1v) is 13.4. The van der Waals surface area contributed by atoms with E-state index in [0.717, 1.165) is 29.7 Å². The monoisotopic (exact) mass is 538 g/mol. The van der Waals surface area contributed by atoms with E-state index in [4.69, 9.17) is 14.6 Å². The third kappa shape index (κ3) is 5.43. The van der Waals surface area contributed by atoms with Crippen LogP contribution in [0.4, 0.5) is 0 Å². The lowest BCUT2D eigenvalue weighted by Gasteiger charge is -2.43. The molecule has 1 aromatic heterocycles. The van der Waals surface area contributed by atoms with Gasteiger partial charge in [-0.25, -0.2) is 0 Å². The van der Waals surface area contributed by atoms with Crippen molar-refractivity contribution in [3.05, 3.63) is 102 Å². The molecule has 0 saturated carbocycles. The van der Waals surface area contributed by atoms with E-state index in [9.17, 15) is 9.59 Å². The number of aromatic nitrogens is 2. The standard InChI is InChI=1S/C32H34N4O4/c1-32(31(38)33-21-25-13-7-8-14-29(25)40-3)22-36-28(20-27(34-36)24-15-17-26(39-2)18-16-24)30(37)35(32)19-9-12-23-10-5-4-6-11-23/h4-8,10-11,13-18,20H,9,12,19,21-22H2,1-3H3,(H,33,38)/t32-/m0/s1. The molecule has 0 bridgehead atoms. The number of nitrogens with zero attached hydrogens (tertiary/aromatic N) is 3. The largest absolute Gasteiger partial charge is 0.497 e. The number of methoxy groups -OCH3 is 2. The summed E-state index contributed by atoms with van der Waals surface area (Å²) in [6.45, 7) is 2.79. The lowest BCUT2D eigenvalue weighted by molar-refractivity contribution is -0.133. The Morgan fingerprint density at radius 1 is 0.975 bits per heavy atom. The zero-order chi connectivity index (χ0) is 28.1. The smallest absolute Gasteiger partial charge is 0.273 e. The average Bonchev–Trinajstić information content (AvgIpc) is 3.42. The number of carbonyl (C=O) groups excluding carboxylic acids is 2. The van der Waals surface area contributed by atoms with Crippen LogP contribution in [0.15, 0.2) is 84.9 Å². The van der Waals surface area contributed by atoms with E-state index in [2.05, 4.69) is 17.4 Å². The number of aryl methyl sites for hydroxylation is 1.